The van der Waals surface area contributed by atoms with E-state index >= 15 is 0 Å². The minimum atomic E-state index is 0.00747. The summed E-state index contributed by atoms with van der Waals surface area (Å²) in [7, 11) is 0. The Morgan fingerprint density at radius 2 is 2.00 bits per heavy atom. The van der Waals surface area contributed by atoms with Crippen molar-refractivity contribution in [1.29, 1.82) is 0 Å². The maximum absolute atomic E-state index is 12.5. The Labute approximate surface area is 148 Å². The zero-order valence-corrected chi connectivity index (χ0v) is 14.5. The van der Waals surface area contributed by atoms with E-state index in [2.05, 4.69) is 5.32 Å². The van der Waals surface area contributed by atoms with Gasteiger partial charge in [-0.1, -0.05) is 18.2 Å². The summed E-state index contributed by atoms with van der Waals surface area (Å²) in [6.07, 6.45) is 2.81. The predicted molar refractivity (Wildman–Crippen MR) is 95.3 cm³/mol. The molecule has 1 fully saturated rings. The van der Waals surface area contributed by atoms with Crippen LogP contribution in [0.15, 0.2) is 46.9 Å². The number of aryl methyl sites for hydroxylation is 2. The lowest BCUT2D eigenvalue weighted by atomic mass is 10.0. The summed E-state index contributed by atoms with van der Waals surface area (Å²) in [6, 6.07) is 13.1. The van der Waals surface area contributed by atoms with Gasteiger partial charge < -0.3 is 14.6 Å². The van der Waals surface area contributed by atoms with Crippen LogP contribution in [0.2, 0.25) is 0 Å². The fourth-order valence-corrected chi connectivity index (χ4v) is 3.20. The summed E-state index contributed by atoms with van der Waals surface area (Å²) >= 11 is 0. The van der Waals surface area contributed by atoms with Gasteiger partial charge in [-0.15, -0.1) is 0 Å². The van der Waals surface area contributed by atoms with E-state index in [4.69, 9.17) is 4.42 Å². The molecule has 0 radical (unpaired) electrons. The third kappa shape index (κ3) is 4.72. The van der Waals surface area contributed by atoms with E-state index < -0.39 is 0 Å². The molecule has 2 aromatic rings. The van der Waals surface area contributed by atoms with Crippen molar-refractivity contribution in [2.75, 3.05) is 13.1 Å². The largest absolute Gasteiger partial charge is 0.466 e. The zero-order chi connectivity index (χ0) is 17.6. The third-order valence-corrected chi connectivity index (χ3v) is 4.49. The van der Waals surface area contributed by atoms with Crippen LogP contribution >= 0.6 is 0 Å². The van der Waals surface area contributed by atoms with Gasteiger partial charge in [0.25, 0.3) is 5.91 Å². The standard InChI is InChI=1S/C20H24N2O3/c1-15-9-10-18(25-15)11-12-19(23)21-17-8-5-13-22(14-17)20(24)16-6-3-2-4-7-16/h2-4,6-7,9-10,17H,5,8,11-14H2,1H3,(H,21,23)/t17-/m0/s1. The normalized spacial score (nSPS) is 17.3. The number of hydrogen-bond donors (Lipinski definition) is 1. The van der Waals surface area contributed by atoms with E-state index in [1.165, 1.54) is 0 Å². The quantitative estimate of drug-likeness (QED) is 0.910. The Hall–Kier alpha value is -2.56. The second-order valence-corrected chi connectivity index (χ2v) is 6.54. The summed E-state index contributed by atoms with van der Waals surface area (Å²) in [4.78, 5) is 26.6. The van der Waals surface area contributed by atoms with Crippen molar-refractivity contribution >= 4 is 11.8 Å². The Morgan fingerprint density at radius 1 is 1.20 bits per heavy atom. The predicted octanol–water partition coefficient (Wildman–Crippen LogP) is 2.94. The number of likely N-dealkylation sites (tertiary alicyclic amines) is 1. The molecule has 1 N–H and O–H groups in total. The van der Waals surface area contributed by atoms with E-state index in [1.807, 2.05) is 54.3 Å². The number of piperidine rings is 1. The molecule has 25 heavy (non-hydrogen) atoms. The number of rotatable bonds is 5. The minimum Gasteiger partial charge on any atom is -0.466 e. The maximum Gasteiger partial charge on any atom is 0.253 e. The summed E-state index contributed by atoms with van der Waals surface area (Å²) in [5.41, 5.74) is 0.697. The summed E-state index contributed by atoms with van der Waals surface area (Å²) in [6.45, 7) is 3.20. The van der Waals surface area contributed by atoms with Gasteiger partial charge in [0.1, 0.15) is 11.5 Å². The minimum absolute atomic E-state index is 0.00747. The molecule has 1 saturated heterocycles. The lowest BCUT2D eigenvalue weighted by molar-refractivity contribution is -0.122. The summed E-state index contributed by atoms with van der Waals surface area (Å²) in [5.74, 6) is 1.73. The van der Waals surface area contributed by atoms with E-state index in [9.17, 15) is 9.59 Å². The summed E-state index contributed by atoms with van der Waals surface area (Å²) in [5, 5.41) is 3.06. The van der Waals surface area contributed by atoms with E-state index in [0.29, 0.717) is 24.9 Å². The highest BCUT2D eigenvalue weighted by molar-refractivity contribution is 5.94. The molecule has 132 valence electrons. The SMILES string of the molecule is Cc1ccc(CCC(=O)N[C@H]2CCCN(C(=O)c3ccccc3)C2)o1. The molecule has 1 atom stereocenters. The Morgan fingerprint density at radius 3 is 2.72 bits per heavy atom. The van der Waals surface area contributed by atoms with Crippen LogP contribution in [0.25, 0.3) is 0 Å². The van der Waals surface area contributed by atoms with Gasteiger partial charge in [-0.05, 0) is 44.0 Å². The molecule has 5 heteroatoms. The van der Waals surface area contributed by atoms with Crippen molar-refractivity contribution in [2.24, 2.45) is 0 Å². The topological polar surface area (TPSA) is 62.6 Å². The Balaban J connectivity index is 1.49. The van der Waals surface area contributed by atoms with Crippen LogP contribution in [0.1, 0.15) is 41.1 Å². The molecule has 0 aliphatic carbocycles. The highest BCUT2D eigenvalue weighted by Gasteiger charge is 2.25. The monoisotopic (exact) mass is 340 g/mol. The molecule has 0 saturated carbocycles. The molecule has 2 amide bonds. The number of carbonyl (C=O) groups is 2. The first-order valence-corrected chi connectivity index (χ1v) is 8.81. The van der Waals surface area contributed by atoms with E-state index in [0.717, 1.165) is 30.9 Å². The van der Waals surface area contributed by atoms with Crippen LogP contribution in [0.4, 0.5) is 0 Å². The maximum atomic E-state index is 12.5. The average Bonchev–Trinajstić information content (AvgIpc) is 3.06. The van der Waals surface area contributed by atoms with Crippen LogP contribution in [-0.4, -0.2) is 35.8 Å². The van der Waals surface area contributed by atoms with Crippen molar-refractivity contribution in [1.82, 2.24) is 10.2 Å². The molecular formula is C20H24N2O3. The smallest absolute Gasteiger partial charge is 0.253 e. The molecule has 3 rings (SSSR count). The molecule has 0 unspecified atom stereocenters. The van der Waals surface area contributed by atoms with Crippen LogP contribution in [0.3, 0.4) is 0 Å². The van der Waals surface area contributed by atoms with E-state index in [-0.39, 0.29) is 17.9 Å². The number of hydrogen-bond acceptors (Lipinski definition) is 3. The van der Waals surface area contributed by atoms with Gasteiger partial charge >= 0.3 is 0 Å². The van der Waals surface area contributed by atoms with Gasteiger partial charge in [0.05, 0.1) is 0 Å². The van der Waals surface area contributed by atoms with Crippen LogP contribution in [0, 0.1) is 6.92 Å². The van der Waals surface area contributed by atoms with Crippen molar-refractivity contribution in [3.63, 3.8) is 0 Å². The van der Waals surface area contributed by atoms with Crippen LogP contribution in [-0.2, 0) is 11.2 Å². The van der Waals surface area contributed by atoms with E-state index in [1.54, 1.807) is 0 Å². The number of furan rings is 1. The fraction of sp³-hybridized carbons (Fsp3) is 0.400. The first-order valence-electron chi connectivity index (χ1n) is 8.81. The highest BCUT2D eigenvalue weighted by Crippen LogP contribution is 2.14. The van der Waals surface area contributed by atoms with Gasteiger partial charge in [-0.25, -0.2) is 0 Å². The van der Waals surface area contributed by atoms with Gasteiger partial charge in [0.15, 0.2) is 0 Å². The van der Waals surface area contributed by atoms with Crippen molar-refractivity contribution in [3.8, 4) is 0 Å². The second-order valence-electron chi connectivity index (χ2n) is 6.54. The number of carbonyl (C=O) groups excluding carboxylic acids is 2. The number of nitrogens with one attached hydrogen (secondary N) is 1. The summed E-state index contributed by atoms with van der Waals surface area (Å²) < 4.78 is 5.49. The van der Waals surface area contributed by atoms with Crippen molar-refractivity contribution < 1.29 is 14.0 Å². The van der Waals surface area contributed by atoms with Crippen molar-refractivity contribution in [2.45, 2.75) is 38.6 Å². The molecule has 5 nitrogen and oxygen atoms in total. The molecule has 2 heterocycles. The fourth-order valence-electron chi connectivity index (χ4n) is 3.20. The first-order chi connectivity index (χ1) is 12.1. The highest BCUT2D eigenvalue weighted by atomic mass is 16.3. The molecule has 1 aliphatic heterocycles. The second kappa shape index (κ2) is 8.01. The molecule has 0 spiro atoms. The Kier molecular flexibility index (Phi) is 5.53. The average molecular weight is 340 g/mol. The molecule has 0 bridgehead atoms. The first kappa shape index (κ1) is 17.3. The van der Waals surface area contributed by atoms with Gasteiger partial charge in [-0.3, -0.25) is 9.59 Å². The lowest BCUT2D eigenvalue weighted by Gasteiger charge is -2.33. The molecular weight excluding hydrogens is 316 g/mol. The van der Waals surface area contributed by atoms with Crippen LogP contribution in [0.5, 0.6) is 0 Å². The number of nitrogens with zero attached hydrogens (tertiary/aromatic N) is 1. The van der Waals surface area contributed by atoms with Gasteiger partial charge in [0, 0.05) is 37.5 Å². The molecule has 1 aromatic heterocycles. The van der Waals surface area contributed by atoms with Crippen molar-refractivity contribution in [3.05, 3.63) is 59.5 Å². The number of amides is 2. The Bertz CT molecular complexity index is 724. The van der Waals surface area contributed by atoms with Crippen LogP contribution < -0.4 is 5.32 Å². The molecule has 1 aromatic carbocycles. The lowest BCUT2D eigenvalue weighted by Crippen LogP contribution is -2.49. The number of benzene rings is 1. The van der Waals surface area contributed by atoms with Gasteiger partial charge in [0.2, 0.25) is 5.91 Å². The molecule has 1 aliphatic rings. The zero-order valence-electron chi connectivity index (χ0n) is 14.5. The third-order valence-electron chi connectivity index (χ3n) is 4.49. The van der Waals surface area contributed by atoms with Gasteiger partial charge in [-0.2, -0.15) is 0 Å².